The molecule has 2 aromatic rings. The van der Waals surface area contributed by atoms with Crippen LogP contribution in [0.15, 0.2) is 73.3 Å². The van der Waals surface area contributed by atoms with Gasteiger partial charge in [0.25, 0.3) is 0 Å². The molecule has 0 fully saturated rings. The molecule has 2 N–H and O–H groups in total. The highest BCUT2D eigenvalue weighted by molar-refractivity contribution is 5.90. The van der Waals surface area contributed by atoms with Gasteiger partial charge in [-0.1, -0.05) is 86.0 Å². The number of carboxylic acid groups (broad SMARTS) is 1. The van der Waals surface area contributed by atoms with Crippen LogP contribution in [0.2, 0.25) is 0 Å². The lowest BCUT2D eigenvalue weighted by atomic mass is 9.90. The topological polar surface area (TPSA) is 66.4 Å². The van der Waals surface area contributed by atoms with Gasteiger partial charge in [-0.15, -0.1) is 6.58 Å². The van der Waals surface area contributed by atoms with E-state index in [9.17, 15) is 14.7 Å². The summed E-state index contributed by atoms with van der Waals surface area (Å²) in [5.74, 6) is -1.80. The lowest BCUT2D eigenvalue weighted by Crippen LogP contribution is -2.43. The molecule has 4 heteroatoms. The highest BCUT2D eigenvalue weighted by Gasteiger charge is 2.27. The minimum atomic E-state index is -0.987. The van der Waals surface area contributed by atoms with Crippen LogP contribution in [-0.4, -0.2) is 23.0 Å². The molecule has 0 aliphatic carbocycles. The Morgan fingerprint density at radius 2 is 1.43 bits per heavy atom. The first-order valence-electron chi connectivity index (χ1n) is 9.87. The third-order valence-electron chi connectivity index (χ3n) is 4.79. The third-order valence-corrected chi connectivity index (χ3v) is 4.79. The van der Waals surface area contributed by atoms with Gasteiger partial charge in [0, 0.05) is 0 Å². The maximum Gasteiger partial charge on any atom is 0.326 e. The fraction of sp³-hybridized carbons (Fsp3) is 0.333. The van der Waals surface area contributed by atoms with Gasteiger partial charge in [-0.2, -0.15) is 0 Å². The molecule has 0 saturated heterocycles. The van der Waals surface area contributed by atoms with Gasteiger partial charge in [0.05, 0.1) is 5.92 Å². The molecule has 28 heavy (non-hydrogen) atoms. The van der Waals surface area contributed by atoms with Crippen LogP contribution in [0.25, 0.3) is 0 Å². The van der Waals surface area contributed by atoms with Crippen LogP contribution in [0.5, 0.6) is 0 Å². The van der Waals surface area contributed by atoms with Gasteiger partial charge in [-0.3, -0.25) is 4.79 Å². The first-order valence-corrected chi connectivity index (χ1v) is 9.87. The fourth-order valence-electron chi connectivity index (χ4n) is 3.29. The molecule has 0 aliphatic rings. The lowest BCUT2D eigenvalue weighted by molar-refractivity contribution is -0.142. The van der Waals surface area contributed by atoms with Gasteiger partial charge in [-0.05, 0) is 30.4 Å². The maximum absolute atomic E-state index is 13.0. The minimum absolute atomic E-state index is 0.281. The Kier molecular flexibility index (Phi) is 8.99. The van der Waals surface area contributed by atoms with E-state index < -0.39 is 17.9 Å². The Hall–Kier alpha value is -2.88. The Morgan fingerprint density at radius 3 is 1.93 bits per heavy atom. The van der Waals surface area contributed by atoms with E-state index in [1.807, 2.05) is 66.7 Å². The highest BCUT2D eigenvalue weighted by Crippen LogP contribution is 2.25. The van der Waals surface area contributed by atoms with Crippen molar-refractivity contribution in [3.63, 3.8) is 0 Å². The van der Waals surface area contributed by atoms with E-state index in [1.54, 1.807) is 0 Å². The molecule has 0 aromatic heterocycles. The molecule has 2 aromatic carbocycles. The van der Waals surface area contributed by atoms with Crippen molar-refractivity contribution in [3.05, 3.63) is 84.4 Å². The highest BCUT2D eigenvalue weighted by atomic mass is 16.4. The first kappa shape index (κ1) is 21.4. The molecule has 4 nitrogen and oxygen atoms in total. The summed E-state index contributed by atoms with van der Waals surface area (Å²) in [6, 6.07) is 18.0. The fourth-order valence-corrected chi connectivity index (χ4v) is 3.29. The normalized spacial score (nSPS) is 11.8. The molecule has 0 heterocycles. The van der Waals surface area contributed by atoms with Crippen LogP contribution in [0.4, 0.5) is 0 Å². The second kappa shape index (κ2) is 11.8. The van der Waals surface area contributed by atoms with E-state index in [-0.39, 0.29) is 5.91 Å². The van der Waals surface area contributed by atoms with Gasteiger partial charge >= 0.3 is 5.97 Å². The largest absolute Gasteiger partial charge is 0.480 e. The quantitative estimate of drug-likeness (QED) is 0.406. The Morgan fingerprint density at radius 1 is 0.893 bits per heavy atom. The molecule has 0 saturated carbocycles. The van der Waals surface area contributed by atoms with E-state index in [1.165, 1.54) is 0 Å². The number of benzene rings is 2. The molecular weight excluding hydrogens is 350 g/mol. The number of hydrogen-bond donors (Lipinski definition) is 2. The molecule has 0 spiro atoms. The predicted octanol–water partition coefficient (Wildman–Crippen LogP) is 4.91. The molecule has 0 aliphatic heterocycles. The van der Waals surface area contributed by atoms with Crippen LogP contribution < -0.4 is 5.32 Å². The molecule has 0 unspecified atom stereocenters. The molecule has 2 rings (SSSR count). The SMILES string of the molecule is C=CCCCCCC[C@H](NC(=O)C(c1ccccc1)c1ccccc1)C(=O)O. The standard InChI is InChI=1S/C24H29NO3/c1-2-3-4-5-6-13-18-21(24(27)28)25-23(26)22(19-14-9-7-10-15-19)20-16-11-8-12-17-20/h2,7-12,14-17,21-22H,1,3-6,13,18H2,(H,25,26)(H,27,28)/t21-/m0/s1. The summed E-state index contributed by atoms with van der Waals surface area (Å²) in [5, 5.41) is 12.3. The van der Waals surface area contributed by atoms with E-state index in [0.29, 0.717) is 6.42 Å². The summed E-state index contributed by atoms with van der Waals surface area (Å²) in [4.78, 5) is 24.7. The summed E-state index contributed by atoms with van der Waals surface area (Å²) in [5.41, 5.74) is 1.69. The van der Waals surface area contributed by atoms with Crippen molar-refractivity contribution in [1.82, 2.24) is 5.32 Å². The van der Waals surface area contributed by atoms with Crippen molar-refractivity contribution >= 4 is 11.9 Å². The summed E-state index contributed by atoms with van der Waals surface area (Å²) in [6.07, 6.45) is 7.15. The number of nitrogens with one attached hydrogen (secondary N) is 1. The second-order valence-electron chi connectivity index (χ2n) is 6.93. The number of rotatable bonds is 12. The van der Waals surface area contributed by atoms with Crippen molar-refractivity contribution in [2.75, 3.05) is 0 Å². The van der Waals surface area contributed by atoms with Gasteiger partial charge < -0.3 is 10.4 Å². The van der Waals surface area contributed by atoms with Crippen molar-refractivity contribution in [3.8, 4) is 0 Å². The molecule has 0 bridgehead atoms. The summed E-state index contributed by atoms with van der Waals surface area (Å²) >= 11 is 0. The number of unbranched alkanes of at least 4 members (excludes halogenated alkanes) is 4. The Balaban J connectivity index is 2.05. The van der Waals surface area contributed by atoms with Gasteiger partial charge in [0.1, 0.15) is 6.04 Å². The zero-order valence-electron chi connectivity index (χ0n) is 16.2. The Bertz CT molecular complexity index is 703. The van der Waals surface area contributed by atoms with Gasteiger partial charge in [0.15, 0.2) is 0 Å². The maximum atomic E-state index is 13.0. The smallest absolute Gasteiger partial charge is 0.326 e. The van der Waals surface area contributed by atoms with E-state index >= 15 is 0 Å². The van der Waals surface area contributed by atoms with Crippen LogP contribution in [0, 0.1) is 0 Å². The summed E-state index contributed by atoms with van der Waals surface area (Å²) in [6.45, 7) is 3.70. The number of carbonyl (C=O) groups is 2. The van der Waals surface area contributed by atoms with E-state index in [2.05, 4.69) is 11.9 Å². The van der Waals surface area contributed by atoms with E-state index in [4.69, 9.17) is 0 Å². The average Bonchev–Trinajstić information content (AvgIpc) is 2.71. The molecule has 148 valence electrons. The summed E-state index contributed by atoms with van der Waals surface area (Å²) < 4.78 is 0. The summed E-state index contributed by atoms with van der Waals surface area (Å²) in [7, 11) is 0. The zero-order valence-corrected chi connectivity index (χ0v) is 16.2. The lowest BCUT2D eigenvalue weighted by Gasteiger charge is -2.21. The molecule has 1 atom stereocenters. The second-order valence-corrected chi connectivity index (χ2v) is 6.93. The zero-order chi connectivity index (χ0) is 20.2. The number of allylic oxidation sites excluding steroid dienone is 1. The van der Waals surface area contributed by atoms with Crippen LogP contribution in [-0.2, 0) is 9.59 Å². The monoisotopic (exact) mass is 379 g/mol. The first-order chi connectivity index (χ1) is 13.6. The van der Waals surface area contributed by atoms with Crippen molar-refractivity contribution in [2.24, 2.45) is 0 Å². The van der Waals surface area contributed by atoms with Crippen molar-refractivity contribution in [2.45, 2.75) is 50.5 Å². The van der Waals surface area contributed by atoms with Crippen LogP contribution >= 0.6 is 0 Å². The molecule has 1 amide bonds. The van der Waals surface area contributed by atoms with Crippen LogP contribution in [0.1, 0.15) is 55.6 Å². The van der Waals surface area contributed by atoms with E-state index in [0.717, 1.165) is 43.2 Å². The molecular formula is C24H29NO3. The van der Waals surface area contributed by atoms with Gasteiger partial charge in [-0.25, -0.2) is 4.79 Å². The number of aliphatic carboxylic acids is 1. The molecule has 0 radical (unpaired) electrons. The number of amides is 1. The van der Waals surface area contributed by atoms with Crippen molar-refractivity contribution in [1.29, 1.82) is 0 Å². The number of carboxylic acids is 1. The van der Waals surface area contributed by atoms with Crippen LogP contribution in [0.3, 0.4) is 0 Å². The number of carbonyl (C=O) groups excluding carboxylic acids is 1. The Labute approximate surface area is 167 Å². The third kappa shape index (κ3) is 6.69. The van der Waals surface area contributed by atoms with Crippen molar-refractivity contribution < 1.29 is 14.7 Å². The minimum Gasteiger partial charge on any atom is -0.480 e. The predicted molar refractivity (Wildman–Crippen MR) is 112 cm³/mol. The average molecular weight is 380 g/mol. The van der Waals surface area contributed by atoms with Gasteiger partial charge in [0.2, 0.25) is 5.91 Å². The number of hydrogen-bond acceptors (Lipinski definition) is 2.